The fraction of sp³-hybridized carbons (Fsp3) is 0.500. The van der Waals surface area contributed by atoms with Gasteiger partial charge >= 0.3 is 0 Å². The topological polar surface area (TPSA) is 9.23 Å². The third kappa shape index (κ3) is 3.37. The lowest BCUT2D eigenvalue weighted by atomic mass is 10.5. The lowest BCUT2D eigenvalue weighted by Gasteiger charge is -1.97. The molecule has 0 aliphatic rings. The standard InChI is InChI=1S/C6H11O/c1-4-6(3)7-5-2/h4H,3,5H2,1-2H3. The Morgan fingerprint density at radius 3 is 2.57 bits per heavy atom. The molecule has 0 atom stereocenters. The van der Waals surface area contributed by atoms with E-state index in [1.165, 1.54) is 0 Å². The maximum Gasteiger partial charge on any atom is 0.0921 e. The Morgan fingerprint density at radius 2 is 2.43 bits per heavy atom. The Morgan fingerprint density at radius 1 is 1.86 bits per heavy atom. The van der Waals surface area contributed by atoms with Gasteiger partial charge in [-0.2, -0.15) is 0 Å². The van der Waals surface area contributed by atoms with Crippen molar-refractivity contribution in [3.05, 3.63) is 18.8 Å². The second-order valence-corrected chi connectivity index (χ2v) is 1.19. The second kappa shape index (κ2) is 3.72. The van der Waals surface area contributed by atoms with Gasteiger partial charge in [-0.25, -0.2) is 0 Å². The highest BCUT2D eigenvalue weighted by Crippen LogP contribution is 1.90. The fourth-order valence-electron chi connectivity index (χ4n) is 0.269. The summed E-state index contributed by atoms with van der Waals surface area (Å²) in [5.41, 5.74) is 0. The third-order valence-electron chi connectivity index (χ3n) is 0.652. The van der Waals surface area contributed by atoms with Crippen LogP contribution < -0.4 is 0 Å². The first-order valence-corrected chi connectivity index (χ1v) is 2.42. The third-order valence-corrected chi connectivity index (χ3v) is 0.652. The Balaban J connectivity index is 3.17. The molecule has 0 heterocycles. The minimum atomic E-state index is 0.711. The van der Waals surface area contributed by atoms with Gasteiger partial charge in [0.2, 0.25) is 0 Å². The Kier molecular flexibility index (Phi) is 3.48. The molecular formula is C6H11O. The normalized spacial score (nSPS) is 11.6. The molecule has 0 spiro atoms. The highest BCUT2D eigenvalue weighted by atomic mass is 16.5. The second-order valence-electron chi connectivity index (χ2n) is 1.19. The number of hydrogen-bond acceptors (Lipinski definition) is 1. The van der Waals surface area contributed by atoms with Crippen LogP contribution in [-0.4, -0.2) is 6.61 Å². The smallest absolute Gasteiger partial charge is 0.0921 e. The molecule has 0 bridgehead atoms. The van der Waals surface area contributed by atoms with Gasteiger partial charge in [0.05, 0.1) is 12.4 Å². The van der Waals surface area contributed by atoms with Crippen molar-refractivity contribution in [1.29, 1.82) is 0 Å². The van der Waals surface area contributed by atoms with E-state index in [0.717, 1.165) is 5.76 Å². The van der Waals surface area contributed by atoms with Crippen LogP contribution >= 0.6 is 0 Å². The minimum Gasteiger partial charge on any atom is -0.499 e. The van der Waals surface area contributed by atoms with E-state index in [0.29, 0.717) is 6.61 Å². The number of allylic oxidation sites excluding steroid dienone is 2. The predicted octanol–water partition coefficient (Wildman–Crippen LogP) is 1.76. The van der Waals surface area contributed by atoms with Crippen molar-refractivity contribution in [2.45, 2.75) is 13.8 Å². The molecule has 0 aromatic rings. The molecule has 0 aromatic carbocycles. The first-order valence-electron chi connectivity index (χ1n) is 2.42. The summed E-state index contributed by atoms with van der Waals surface area (Å²) in [7, 11) is 0. The molecule has 0 saturated heterocycles. The van der Waals surface area contributed by atoms with Crippen molar-refractivity contribution in [2.75, 3.05) is 6.61 Å². The van der Waals surface area contributed by atoms with Crippen LogP contribution in [0.2, 0.25) is 0 Å². The van der Waals surface area contributed by atoms with E-state index in [1.807, 2.05) is 19.9 Å². The van der Waals surface area contributed by atoms with Crippen LogP contribution in [0.4, 0.5) is 0 Å². The molecule has 0 aromatic heterocycles. The highest BCUT2D eigenvalue weighted by Gasteiger charge is 1.78. The van der Waals surface area contributed by atoms with Gasteiger partial charge in [0.15, 0.2) is 0 Å². The van der Waals surface area contributed by atoms with Crippen molar-refractivity contribution < 1.29 is 4.74 Å². The number of ether oxygens (including phenoxy) is 1. The SMILES string of the molecule is [CH2]C(=CC)OCC. The lowest BCUT2D eigenvalue weighted by molar-refractivity contribution is 0.241. The maximum atomic E-state index is 4.94. The minimum absolute atomic E-state index is 0.711. The summed E-state index contributed by atoms with van der Waals surface area (Å²) in [6.45, 7) is 8.14. The molecule has 0 saturated carbocycles. The van der Waals surface area contributed by atoms with Gasteiger partial charge in [-0.15, -0.1) is 0 Å². The van der Waals surface area contributed by atoms with Crippen molar-refractivity contribution >= 4 is 0 Å². The zero-order chi connectivity index (χ0) is 5.70. The molecule has 1 heteroatoms. The Labute approximate surface area is 45.0 Å². The molecule has 0 amide bonds. The number of hydrogen-bond donors (Lipinski definition) is 0. The van der Waals surface area contributed by atoms with Crippen LogP contribution in [0.1, 0.15) is 13.8 Å². The molecule has 41 valence electrons. The summed E-state index contributed by atoms with van der Waals surface area (Å²) in [5, 5.41) is 0. The molecule has 0 fully saturated rings. The molecule has 0 N–H and O–H groups in total. The van der Waals surface area contributed by atoms with Crippen LogP contribution in [0.3, 0.4) is 0 Å². The highest BCUT2D eigenvalue weighted by molar-refractivity contribution is 4.92. The van der Waals surface area contributed by atoms with E-state index in [1.54, 1.807) is 0 Å². The maximum absolute atomic E-state index is 4.94. The van der Waals surface area contributed by atoms with Crippen molar-refractivity contribution in [2.24, 2.45) is 0 Å². The average molecular weight is 99.2 g/mol. The monoisotopic (exact) mass is 99.1 g/mol. The van der Waals surface area contributed by atoms with E-state index in [4.69, 9.17) is 4.74 Å². The van der Waals surface area contributed by atoms with E-state index >= 15 is 0 Å². The molecule has 0 aliphatic carbocycles. The van der Waals surface area contributed by atoms with Crippen LogP contribution in [0, 0.1) is 6.92 Å². The van der Waals surface area contributed by atoms with Crippen molar-refractivity contribution in [3.8, 4) is 0 Å². The summed E-state index contributed by atoms with van der Waals surface area (Å²) in [4.78, 5) is 0. The summed E-state index contributed by atoms with van der Waals surface area (Å²) >= 11 is 0. The summed E-state index contributed by atoms with van der Waals surface area (Å²) in [6.07, 6.45) is 1.84. The average Bonchev–Trinajstić information content (AvgIpc) is 1.68. The molecule has 1 radical (unpaired) electrons. The largest absolute Gasteiger partial charge is 0.499 e. The van der Waals surface area contributed by atoms with Gasteiger partial charge in [0.25, 0.3) is 0 Å². The van der Waals surface area contributed by atoms with Crippen molar-refractivity contribution in [1.82, 2.24) is 0 Å². The first-order chi connectivity index (χ1) is 3.31. The summed E-state index contributed by atoms with van der Waals surface area (Å²) in [6, 6.07) is 0. The quantitative estimate of drug-likeness (QED) is 0.479. The van der Waals surface area contributed by atoms with Crippen LogP contribution in [0.15, 0.2) is 11.8 Å². The lowest BCUT2D eigenvalue weighted by Crippen LogP contribution is -1.84. The van der Waals surface area contributed by atoms with Crippen LogP contribution in [0.5, 0.6) is 0 Å². The van der Waals surface area contributed by atoms with Gasteiger partial charge in [-0.05, 0) is 19.9 Å². The van der Waals surface area contributed by atoms with Gasteiger partial charge in [-0.1, -0.05) is 0 Å². The zero-order valence-corrected chi connectivity index (χ0v) is 4.90. The predicted molar refractivity (Wildman–Crippen MR) is 30.7 cm³/mol. The zero-order valence-electron chi connectivity index (χ0n) is 4.90. The summed E-state index contributed by atoms with van der Waals surface area (Å²) < 4.78 is 4.94. The Bertz CT molecular complexity index is 64.6. The summed E-state index contributed by atoms with van der Waals surface area (Å²) in [5.74, 6) is 0.752. The van der Waals surface area contributed by atoms with Gasteiger partial charge in [0, 0.05) is 6.92 Å². The molecule has 7 heavy (non-hydrogen) atoms. The van der Waals surface area contributed by atoms with E-state index in [-0.39, 0.29) is 0 Å². The molecule has 0 aliphatic heterocycles. The van der Waals surface area contributed by atoms with Gasteiger partial charge in [-0.3, -0.25) is 0 Å². The molecule has 1 nitrogen and oxygen atoms in total. The Hall–Kier alpha value is -0.460. The van der Waals surface area contributed by atoms with Gasteiger partial charge in [0.1, 0.15) is 0 Å². The number of rotatable bonds is 2. The van der Waals surface area contributed by atoms with Gasteiger partial charge < -0.3 is 4.74 Å². The van der Waals surface area contributed by atoms with E-state index in [9.17, 15) is 0 Å². The van der Waals surface area contributed by atoms with Crippen LogP contribution in [0.25, 0.3) is 0 Å². The molecule has 0 unspecified atom stereocenters. The van der Waals surface area contributed by atoms with Crippen LogP contribution in [-0.2, 0) is 4.74 Å². The first kappa shape index (κ1) is 6.54. The van der Waals surface area contributed by atoms with E-state index in [2.05, 4.69) is 6.92 Å². The molecular weight excluding hydrogens is 88.1 g/mol. The fourth-order valence-corrected chi connectivity index (χ4v) is 0.269. The van der Waals surface area contributed by atoms with E-state index < -0.39 is 0 Å². The van der Waals surface area contributed by atoms with Crippen molar-refractivity contribution in [3.63, 3.8) is 0 Å². The molecule has 0 rings (SSSR count).